The van der Waals surface area contributed by atoms with Crippen LogP contribution in [0.2, 0.25) is 5.02 Å². The molecular weight excluding hydrogens is 398 g/mol. The molecule has 2 N–H and O–H groups in total. The molecule has 150 valence electrons. The Hall–Kier alpha value is -3.39. The normalized spacial score (nSPS) is 11.8. The molecule has 1 atom stereocenters. The molecule has 0 spiro atoms. The number of nitro groups is 1. The van der Waals surface area contributed by atoms with Gasteiger partial charge in [0.15, 0.2) is 6.10 Å². The Kier molecular flexibility index (Phi) is 6.13. The van der Waals surface area contributed by atoms with Crippen molar-refractivity contribution < 1.29 is 19.2 Å². The zero-order valence-electron chi connectivity index (χ0n) is 15.5. The Balaban J connectivity index is 1.56. The van der Waals surface area contributed by atoms with E-state index >= 15 is 0 Å². The number of benzene rings is 2. The Labute approximate surface area is 171 Å². The lowest BCUT2D eigenvalue weighted by Crippen LogP contribution is -2.30. The summed E-state index contributed by atoms with van der Waals surface area (Å²) in [4.78, 5) is 37.8. The number of nitrogens with one attached hydrogen (secondary N) is 2. The van der Waals surface area contributed by atoms with Gasteiger partial charge in [-0.1, -0.05) is 29.8 Å². The molecule has 0 saturated carbocycles. The number of hydrogen-bond acceptors (Lipinski definition) is 5. The predicted octanol–water partition coefficient (Wildman–Crippen LogP) is 4.23. The molecule has 9 heteroatoms. The van der Waals surface area contributed by atoms with Crippen LogP contribution in [0.5, 0.6) is 0 Å². The van der Waals surface area contributed by atoms with Crippen molar-refractivity contribution in [1.82, 2.24) is 4.98 Å². The number of amides is 1. The molecule has 2 aromatic carbocycles. The summed E-state index contributed by atoms with van der Waals surface area (Å²) in [5.74, 6) is -1.16. The molecule has 3 aromatic rings. The Morgan fingerprint density at radius 2 is 2.03 bits per heavy atom. The van der Waals surface area contributed by atoms with E-state index < -0.39 is 22.9 Å². The van der Waals surface area contributed by atoms with Gasteiger partial charge in [0.25, 0.3) is 11.6 Å². The number of anilines is 1. The first-order valence-corrected chi connectivity index (χ1v) is 9.22. The lowest BCUT2D eigenvalue weighted by molar-refractivity contribution is -0.384. The van der Waals surface area contributed by atoms with Crippen molar-refractivity contribution in [1.29, 1.82) is 0 Å². The monoisotopic (exact) mass is 415 g/mol. The summed E-state index contributed by atoms with van der Waals surface area (Å²) in [6, 6.07) is 11.4. The van der Waals surface area contributed by atoms with Crippen molar-refractivity contribution in [2.75, 3.05) is 5.32 Å². The maximum atomic E-state index is 12.3. The second-order valence-corrected chi connectivity index (χ2v) is 6.81. The summed E-state index contributed by atoms with van der Waals surface area (Å²) < 4.78 is 5.17. The molecule has 1 aromatic heterocycles. The van der Waals surface area contributed by atoms with E-state index in [0.29, 0.717) is 6.42 Å². The number of rotatable bonds is 7. The molecule has 8 nitrogen and oxygen atoms in total. The topological polar surface area (TPSA) is 114 Å². The number of fused-ring (bicyclic) bond motifs is 1. The smallest absolute Gasteiger partial charge is 0.306 e. The van der Waals surface area contributed by atoms with Crippen LogP contribution in [0.1, 0.15) is 18.9 Å². The van der Waals surface area contributed by atoms with Crippen molar-refractivity contribution >= 4 is 45.8 Å². The van der Waals surface area contributed by atoms with E-state index in [2.05, 4.69) is 10.3 Å². The number of para-hydroxylation sites is 1. The third-order valence-corrected chi connectivity index (χ3v) is 4.70. The molecule has 29 heavy (non-hydrogen) atoms. The van der Waals surface area contributed by atoms with Crippen molar-refractivity contribution in [2.45, 2.75) is 25.9 Å². The van der Waals surface area contributed by atoms with Crippen molar-refractivity contribution in [3.63, 3.8) is 0 Å². The van der Waals surface area contributed by atoms with Crippen molar-refractivity contribution in [3.05, 3.63) is 69.4 Å². The molecule has 0 aliphatic rings. The van der Waals surface area contributed by atoms with Gasteiger partial charge in [-0.05, 0) is 31.0 Å². The van der Waals surface area contributed by atoms with Crippen LogP contribution in [0.25, 0.3) is 10.9 Å². The van der Waals surface area contributed by atoms with Gasteiger partial charge in [0, 0.05) is 35.7 Å². The summed E-state index contributed by atoms with van der Waals surface area (Å²) >= 11 is 5.96. The third kappa shape index (κ3) is 4.91. The number of non-ortho nitro benzene ring substituents is 1. The highest BCUT2D eigenvalue weighted by Crippen LogP contribution is 2.27. The van der Waals surface area contributed by atoms with E-state index in [1.54, 1.807) is 0 Å². The number of carbonyl (C=O) groups excluding carboxylic acids is 2. The van der Waals surface area contributed by atoms with Gasteiger partial charge in [0.2, 0.25) is 0 Å². The van der Waals surface area contributed by atoms with Gasteiger partial charge in [-0.25, -0.2) is 0 Å². The highest BCUT2D eigenvalue weighted by atomic mass is 35.5. The van der Waals surface area contributed by atoms with Gasteiger partial charge in [-0.15, -0.1) is 0 Å². The quantitative estimate of drug-likeness (QED) is 0.340. The average Bonchev–Trinajstić information content (AvgIpc) is 3.11. The SMILES string of the molecule is CC(OC(=O)CCc1c[nH]c2ccccc12)C(=O)Nc1cc([N+](=O)[O-])ccc1Cl. The van der Waals surface area contributed by atoms with E-state index in [0.717, 1.165) is 22.5 Å². The molecule has 0 saturated heterocycles. The van der Waals surface area contributed by atoms with Crippen LogP contribution in [-0.4, -0.2) is 27.9 Å². The Morgan fingerprint density at radius 1 is 1.28 bits per heavy atom. The third-order valence-electron chi connectivity index (χ3n) is 4.37. The lowest BCUT2D eigenvalue weighted by Gasteiger charge is -2.14. The number of aryl methyl sites for hydroxylation is 1. The summed E-state index contributed by atoms with van der Waals surface area (Å²) in [6.45, 7) is 1.42. The highest BCUT2D eigenvalue weighted by molar-refractivity contribution is 6.33. The van der Waals surface area contributed by atoms with Crippen LogP contribution in [0.4, 0.5) is 11.4 Å². The molecule has 0 aliphatic heterocycles. The number of carbonyl (C=O) groups is 2. The zero-order valence-corrected chi connectivity index (χ0v) is 16.2. The maximum absolute atomic E-state index is 12.3. The van der Waals surface area contributed by atoms with Crippen LogP contribution < -0.4 is 5.32 Å². The predicted molar refractivity (Wildman–Crippen MR) is 109 cm³/mol. The number of H-pyrrole nitrogens is 1. The van der Waals surface area contributed by atoms with Crippen LogP contribution >= 0.6 is 11.6 Å². The number of ether oxygens (including phenoxy) is 1. The standard InChI is InChI=1S/C20H18ClN3O5/c1-12(20(26)23-18-10-14(24(27)28)7-8-16(18)21)29-19(25)9-6-13-11-22-17-5-3-2-4-15(13)17/h2-5,7-8,10-12,22H,6,9H2,1H3,(H,23,26). The Bertz CT molecular complexity index is 1080. The van der Waals surface area contributed by atoms with Gasteiger partial charge in [-0.2, -0.15) is 0 Å². The first-order chi connectivity index (χ1) is 13.8. The minimum Gasteiger partial charge on any atom is -0.453 e. The molecule has 0 aliphatic carbocycles. The summed E-state index contributed by atoms with van der Waals surface area (Å²) in [6.07, 6.45) is 1.34. The molecule has 1 heterocycles. The number of aromatic nitrogens is 1. The van der Waals surface area contributed by atoms with Gasteiger partial charge in [0.1, 0.15) is 0 Å². The maximum Gasteiger partial charge on any atom is 0.306 e. The van der Waals surface area contributed by atoms with E-state index in [-0.39, 0.29) is 22.8 Å². The molecule has 0 radical (unpaired) electrons. The number of nitro benzene ring substituents is 1. The average molecular weight is 416 g/mol. The van der Waals surface area contributed by atoms with Gasteiger partial charge in [0.05, 0.1) is 15.6 Å². The number of hydrogen-bond donors (Lipinski definition) is 2. The van der Waals surface area contributed by atoms with E-state index in [1.165, 1.54) is 19.1 Å². The first kappa shape index (κ1) is 20.3. The highest BCUT2D eigenvalue weighted by Gasteiger charge is 2.20. The minimum absolute atomic E-state index is 0.0764. The van der Waals surface area contributed by atoms with E-state index in [4.69, 9.17) is 16.3 Å². The van der Waals surface area contributed by atoms with Crippen LogP contribution in [0.3, 0.4) is 0 Å². The van der Waals surface area contributed by atoms with Gasteiger partial charge in [-0.3, -0.25) is 19.7 Å². The summed E-state index contributed by atoms with van der Waals surface area (Å²) in [5, 5.41) is 14.5. The molecule has 1 amide bonds. The van der Waals surface area contributed by atoms with Crippen molar-refractivity contribution in [2.24, 2.45) is 0 Å². The lowest BCUT2D eigenvalue weighted by atomic mass is 10.1. The molecular formula is C20H18ClN3O5. The minimum atomic E-state index is -1.08. The summed E-state index contributed by atoms with van der Waals surface area (Å²) in [7, 11) is 0. The van der Waals surface area contributed by atoms with Crippen LogP contribution in [-0.2, 0) is 20.7 Å². The molecule has 0 fully saturated rings. The fourth-order valence-electron chi connectivity index (χ4n) is 2.84. The van der Waals surface area contributed by atoms with E-state index in [9.17, 15) is 19.7 Å². The van der Waals surface area contributed by atoms with Crippen molar-refractivity contribution in [3.8, 4) is 0 Å². The van der Waals surface area contributed by atoms with Crippen LogP contribution in [0, 0.1) is 10.1 Å². The molecule has 3 rings (SSSR count). The largest absolute Gasteiger partial charge is 0.453 e. The second-order valence-electron chi connectivity index (χ2n) is 6.40. The van der Waals surface area contributed by atoms with Gasteiger partial charge < -0.3 is 15.0 Å². The summed E-state index contributed by atoms with van der Waals surface area (Å²) in [5.41, 5.74) is 1.83. The fraction of sp³-hybridized carbons (Fsp3) is 0.200. The number of esters is 1. The van der Waals surface area contributed by atoms with Gasteiger partial charge >= 0.3 is 5.97 Å². The van der Waals surface area contributed by atoms with Crippen LogP contribution in [0.15, 0.2) is 48.7 Å². The number of nitrogens with zero attached hydrogens (tertiary/aromatic N) is 1. The molecule has 0 bridgehead atoms. The Morgan fingerprint density at radius 3 is 2.79 bits per heavy atom. The molecule has 1 unspecified atom stereocenters. The fourth-order valence-corrected chi connectivity index (χ4v) is 3.01. The number of halogens is 1. The first-order valence-electron chi connectivity index (χ1n) is 8.84. The zero-order chi connectivity index (χ0) is 21.0. The van der Waals surface area contributed by atoms with E-state index in [1.807, 2.05) is 30.5 Å². The number of aromatic amines is 1. The second kappa shape index (κ2) is 8.74.